The Hall–Kier alpha value is -1.32. The Morgan fingerprint density at radius 1 is 1.26 bits per heavy atom. The highest BCUT2D eigenvalue weighted by Crippen LogP contribution is 2.37. The average Bonchev–Trinajstić information content (AvgIpc) is 2.86. The molecule has 1 aliphatic rings. The van der Waals surface area contributed by atoms with Crippen LogP contribution in [0.5, 0.6) is 0 Å². The van der Waals surface area contributed by atoms with Crippen molar-refractivity contribution in [2.75, 3.05) is 13.1 Å². The summed E-state index contributed by atoms with van der Waals surface area (Å²) in [7, 11) is 2.07. The molecule has 1 aromatic heterocycles. The number of benzene rings is 1. The normalized spacial score (nSPS) is 23.5. The molecule has 4 heteroatoms. The summed E-state index contributed by atoms with van der Waals surface area (Å²) in [6.45, 7) is 2.08. The van der Waals surface area contributed by atoms with Gasteiger partial charge in [0.15, 0.2) is 0 Å². The summed E-state index contributed by atoms with van der Waals surface area (Å²) in [5.41, 5.74) is 2.67. The van der Waals surface area contributed by atoms with Crippen molar-refractivity contribution in [2.24, 2.45) is 7.05 Å². The van der Waals surface area contributed by atoms with Gasteiger partial charge in [-0.15, -0.1) is 0 Å². The van der Waals surface area contributed by atoms with Crippen LogP contribution in [0, 0.1) is 0 Å². The van der Waals surface area contributed by atoms with Crippen LogP contribution in [0.1, 0.15) is 29.5 Å². The minimum Gasteiger partial charge on any atom is -0.337 e. The predicted octanol–water partition coefficient (Wildman–Crippen LogP) is 2.93. The molecule has 0 spiro atoms. The third-order valence-electron chi connectivity index (χ3n) is 4.01. The number of hydrogen-bond donors (Lipinski definition) is 1. The summed E-state index contributed by atoms with van der Waals surface area (Å²) in [6, 6.07) is 8.24. The average molecular weight is 276 g/mol. The molecule has 0 amide bonds. The molecule has 3 rings (SSSR count). The molecule has 0 radical (unpaired) electrons. The maximum atomic E-state index is 5.98. The van der Waals surface area contributed by atoms with Crippen molar-refractivity contribution in [1.29, 1.82) is 0 Å². The number of nitrogens with one attached hydrogen (secondary N) is 1. The molecule has 19 heavy (non-hydrogen) atoms. The van der Waals surface area contributed by atoms with Gasteiger partial charge in [-0.3, -0.25) is 0 Å². The van der Waals surface area contributed by atoms with E-state index < -0.39 is 0 Å². The minimum atomic E-state index is 0.487. The summed E-state index contributed by atoms with van der Waals surface area (Å²) in [5.74, 6) is 1.01. The monoisotopic (exact) mass is 275 g/mol. The summed E-state index contributed by atoms with van der Waals surface area (Å²) in [4.78, 5) is 4.26. The van der Waals surface area contributed by atoms with Gasteiger partial charge in [-0.1, -0.05) is 23.7 Å². The predicted molar refractivity (Wildman–Crippen MR) is 77.6 cm³/mol. The van der Waals surface area contributed by atoms with Gasteiger partial charge in [0.05, 0.1) is 6.33 Å². The van der Waals surface area contributed by atoms with Crippen molar-refractivity contribution in [3.05, 3.63) is 53.1 Å². The van der Waals surface area contributed by atoms with Crippen molar-refractivity contribution in [2.45, 2.75) is 18.3 Å². The molecule has 1 fully saturated rings. The first kappa shape index (κ1) is 12.7. The molecule has 0 bridgehead atoms. The van der Waals surface area contributed by atoms with E-state index in [1.54, 1.807) is 0 Å². The van der Waals surface area contributed by atoms with Crippen LogP contribution in [0.3, 0.4) is 0 Å². The van der Waals surface area contributed by atoms with Gasteiger partial charge in [0.1, 0.15) is 0 Å². The summed E-state index contributed by atoms with van der Waals surface area (Å²) in [6.07, 6.45) is 5.03. The summed E-state index contributed by atoms with van der Waals surface area (Å²) in [5, 5.41) is 4.29. The van der Waals surface area contributed by atoms with Crippen LogP contribution in [0.4, 0.5) is 0 Å². The molecule has 2 aromatic rings. The number of aromatic nitrogens is 2. The lowest BCUT2D eigenvalue weighted by molar-refractivity contribution is 0.392. The number of nitrogens with zero attached hydrogens (tertiary/aromatic N) is 2. The van der Waals surface area contributed by atoms with E-state index in [1.807, 2.05) is 24.7 Å². The van der Waals surface area contributed by atoms with Gasteiger partial charge in [0.25, 0.3) is 0 Å². The molecular formula is C15H18ClN3. The number of halogens is 1. The fourth-order valence-corrected chi connectivity index (χ4v) is 3.12. The van der Waals surface area contributed by atoms with E-state index in [4.69, 9.17) is 11.6 Å². The smallest absolute Gasteiger partial charge is 0.0945 e. The molecule has 0 saturated carbocycles. The second-order valence-electron chi connectivity index (χ2n) is 5.19. The van der Waals surface area contributed by atoms with Crippen LogP contribution in [0.25, 0.3) is 0 Å². The van der Waals surface area contributed by atoms with Gasteiger partial charge < -0.3 is 9.88 Å². The van der Waals surface area contributed by atoms with E-state index in [0.717, 1.165) is 24.5 Å². The van der Waals surface area contributed by atoms with Gasteiger partial charge in [0.2, 0.25) is 0 Å². The second kappa shape index (κ2) is 5.35. The number of rotatable bonds is 2. The highest BCUT2D eigenvalue weighted by Gasteiger charge is 2.29. The zero-order valence-corrected chi connectivity index (χ0v) is 11.8. The topological polar surface area (TPSA) is 29.9 Å². The molecule has 1 saturated heterocycles. The van der Waals surface area contributed by atoms with Crippen molar-refractivity contribution in [1.82, 2.24) is 14.9 Å². The first-order chi connectivity index (χ1) is 9.25. The van der Waals surface area contributed by atoms with Crippen molar-refractivity contribution >= 4 is 11.6 Å². The van der Waals surface area contributed by atoms with E-state index in [1.165, 1.54) is 11.3 Å². The Kier molecular flexibility index (Phi) is 3.58. The first-order valence-corrected chi connectivity index (χ1v) is 7.06. The number of piperidine rings is 1. The van der Waals surface area contributed by atoms with Crippen LogP contribution in [0.15, 0.2) is 36.8 Å². The van der Waals surface area contributed by atoms with E-state index >= 15 is 0 Å². The third-order valence-corrected chi connectivity index (χ3v) is 4.27. The standard InChI is InChI=1S/C15H18ClN3/c1-19-10-18-9-15(19)13-6-7-17-8-14(13)11-2-4-12(16)5-3-11/h2-5,9-10,13-14,17H,6-8H2,1H3. The van der Waals surface area contributed by atoms with Gasteiger partial charge in [-0.05, 0) is 30.7 Å². The van der Waals surface area contributed by atoms with Crippen LogP contribution in [0.2, 0.25) is 5.02 Å². The molecule has 0 aliphatic carbocycles. The van der Waals surface area contributed by atoms with E-state index in [0.29, 0.717) is 11.8 Å². The molecular weight excluding hydrogens is 258 g/mol. The zero-order chi connectivity index (χ0) is 13.2. The summed E-state index contributed by atoms with van der Waals surface area (Å²) >= 11 is 5.98. The number of aryl methyl sites for hydroxylation is 1. The van der Waals surface area contributed by atoms with Crippen molar-refractivity contribution in [3.8, 4) is 0 Å². The molecule has 2 atom stereocenters. The van der Waals surface area contributed by atoms with E-state index in [2.05, 4.69) is 34.0 Å². The van der Waals surface area contributed by atoms with Gasteiger partial charge >= 0.3 is 0 Å². The largest absolute Gasteiger partial charge is 0.337 e. The highest BCUT2D eigenvalue weighted by atomic mass is 35.5. The van der Waals surface area contributed by atoms with Crippen LogP contribution in [-0.4, -0.2) is 22.6 Å². The Balaban J connectivity index is 1.93. The first-order valence-electron chi connectivity index (χ1n) is 6.68. The van der Waals surface area contributed by atoms with Gasteiger partial charge in [-0.25, -0.2) is 4.98 Å². The molecule has 1 aromatic carbocycles. The van der Waals surface area contributed by atoms with E-state index in [-0.39, 0.29) is 0 Å². The molecule has 2 heterocycles. The Morgan fingerprint density at radius 3 is 2.74 bits per heavy atom. The lowest BCUT2D eigenvalue weighted by Gasteiger charge is -2.32. The highest BCUT2D eigenvalue weighted by molar-refractivity contribution is 6.30. The Bertz CT molecular complexity index is 547. The third kappa shape index (κ3) is 2.53. The molecule has 3 nitrogen and oxygen atoms in total. The Morgan fingerprint density at radius 2 is 2.05 bits per heavy atom. The fraction of sp³-hybridized carbons (Fsp3) is 0.400. The maximum Gasteiger partial charge on any atom is 0.0945 e. The van der Waals surface area contributed by atoms with Gasteiger partial charge in [0, 0.05) is 42.3 Å². The number of imidazole rings is 1. The molecule has 1 aliphatic heterocycles. The quantitative estimate of drug-likeness (QED) is 0.913. The fourth-order valence-electron chi connectivity index (χ4n) is 3.00. The van der Waals surface area contributed by atoms with Gasteiger partial charge in [-0.2, -0.15) is 0 Å². The molecule has 2 unspecified atom stereocenters. The lowest BCUT2D eigenvalue weighted by atomic mass is 9.79. The van der Waals surface area contributed by atoms with Crippen molar-refractivity contribution in [3.63, 3.8) is 0 Å². The SMILES string of the molecule is Cn1cncc1C1CCNCC1c1ccc(Cl)cc1. The Labute approximate surface area is 118 Å². The maximum absolute atomic E-state index is 5.98. The van der Waals surface area contributed by atoms with Crippen LogP contribution in [-0.2, 0) is 7.05 Å². The van der Waals surface area contributed by atoms with Crippen LogP contribution < -0.4 is 5.32 Å². The van der Waals surface area contributed by atoms with Crippen molar-refractivity contribution < 1.29 is 0 Å². The summed E-state index contributed by atoms with van der Waals surface area (Å²) < 4.78 is 2.14. The lowest BCUT2D eigenvalue weighted by Crippen LogP contribution is -2.34. The minimum absolute atomic E-state index is 0.487. The van der Waals surface area contributed by atoms with Crippen LogP contribution >= 0.6 is 11.6 Å². The molecule has 1 N–H and O–H groups in total. The van der Waals surface area contributed by atoms with E-state index in [9.17, 15) is 0 Å². The zero-order valence-electron chi connectivity index (χ0n) is 11.0. The number of hydrogen-bond acceptors (Lipinski definition) is 2. The second-order valence-corrected chi connectivity index (χ2v) is 5.62. The molecule has 100 valence electrons.